The molecule has 0 aliphatic heterocycles. The van der Waals surface area contributed by atoms with Crippen molar-refractivity contribution in [1.82, 2.24) is 4.98 Å². The van der Waals surface area contributed by atoms with Crippen LogP contribution in [0.4, 0.5) is 4.39 Å². The zero-order chi connectivity index (χ0) is 14.4. The van der Waals surface area contributed by atoms with Crippen LogP contribution in [0.25, 0.3) is 0 Å². The summed E-state index contributed by atoms with van der Waals surface area (Å²) in [6.07, 6.45) is 3.49. The van der Waals surface area contributed by atoms with Gasteiger partial charge in [0.15, 0.2) is 11.5 Å². The molecular formula is C15H17FN2O2. The number of halogens is 1. The van der Waals surface area contributed by atoms with Crippen molar-refractivity contribution in [3.8, 4) is 11.5 Å². The number of methoxy groups -OCH3 is 1. The first-order valence-corrected chi connectivity index (χ1v) is 6.32. The lowest BCUT2D eigenvalue weighted by atomic mass is 10.1. The van der Waals surface area contributed by atoms with E-state index >= 15 is 0 Å². The molecule has 0 unspecified atom stereocenters. The maximum atomic E-state index is 13.0. The van der Waals surface area contributed by atoms with Gasteiger partial charge in [-0.3, -0.25) is 4.98 Å². The minimum Gasteiger partial charge on any atom is -0.493 e. The number of ether oxygens (including phenoxy) is 2. The van der Waals surface area contributed by atoms with Gasteiger partial charge in [0.2, 0.25) is 0 Å². The van der Waals surface area contributed by atoms with Crippen LogP contribution in [0.1, 0.15) is 11.1 Å². The molecule has 0 aliphatic carbocycles. The summed E-state index contributed by atoms with van der Waals surface area (Å²) in [5, 5.41) is 0. The van der Waals surface area contributed by atoms with Gasteiger partial charge in [-0.25, -0.2) is 4.39 Å². The van der Waals surface area contributed by atoms with Crippen LogP contribution >= 0.6 is 0 Å². The van der Waals surface area contributed by atoms with E-state index in [1.165, 1.54) is 6.07 Å². The minimum atomic E-state index is -0.380. The third kappa shape index (κ3) is 3.68. The predicted molar refractivity (Wildman–Crippen MR) is 74.3 cm³/mol. The summed E-state index contributed by atoms with van der Waals surface area (Å²) in [6, 6.07) is 7.06. The minimum absolute atomic E-state index is 0.229. The van der Waals surface area contributed by atoms with E-state index in [0.29, 0.717) is 23.6 Å². The van der Waals surface area contributed by atoms with Crippen LogP contribution < -0.4 is 15.2 Å². The van der Waals surface area contributed by atoms with E-state index in [1.807, 2.05) is 18.2 Å². The molecule has 2 aromatic rings. The molecule has 2 N–H and O–H groups in total. The van der Waals surface area contributed by atoms with E-state index in [1.54, 1.807) is 13.3 Å². The number of hydrogen-bond acceptors (Lipinski definition) is 4. The number of nitrogens with zero attached hydrogens (tertiary/aromatic N) is 1. The van der Waals surface area contributed by atoms with E-state index in [4.69, 9.17) is 15.2 Å². The summed E-state index contributed by atoms with van der Waals surface area (Å²) < 4.78 is 24.0. The van der Waals surface area contributed by atoms with Crippen molar-refractivity contribution >= 4 is 0 Å². The van der Waals surface area contributed by atoms with E-state index in [-0.39, 0.29) is 12.4 Å². The smallest absolute Gasteiger partial charge is 0.161 e. The van der Waals surface area contributed by atoms with Crippen molar-refractivity contribution in [2.75, 3.05) is 13.7 Å². The topological polar surface area (TPSA) is 57.4 Å². The highest BCUT2D eigenvalue weighted by Crippen LogP contribution is 2.29. The molecule has 0 fully saturated rings. The van der Waals surface area contributed by atoms with Crippen LogP contribution in [0.5, 0.6) is 11.5 Å². The third-order valence-corrected chi connectivity index (χ3v) is 2.82. The number of aromatic nitrogens is 1. The molecule has 0 bridgehead atoms. The van der Waals surface area contributed by atoms with Gasteiger partial charge in [-0.15, -0.1) is 0 Å². The molecule has 0 aliphatic rings. The number of pyridine rings is 1. The van der Waals surface area contributed by atoms with Gasteiger partial charge in [0, 0.05) is 11.8 Å². The molecule has 0 spiro atoms. The first-order chi connectivity index (χ1) is 9.72. The Hall–Kier alpha value is -2.14. The van der Waals surface area contributed by atoms with Gasteiger partial charge in [0.25, 0.3) is 0 Å². The summed E-state index contributed by atoms with van der Waals surface area (Å²) >= 11 is 0. The van der Waals surface area contributed by atoms with E-state index in [9.17, 15) is 4.39 Å². The van der Waals surface area contributed by atoms with Crippen molar-refractivity contribution in [2.24, 2.45) is 5.73 Å². The highest BCUT2D eigenvalue weighted by molar-refractivity contribution is 5.43. The lowest BCUT2D eigenvalue weighted by Gasteiger charge is -2.12. The Morgan fingerprint density at radius 3 is 2.70 bits per heavy atom. The summed E-state index contributed by atoms with van der Waals surface area (Å²) in [5.74, 6) is 0.868. The van der Waals surface area contributed by atoms with Gasteiger partial charge >= 0.3 is 0 Å². The third-order valence-electron chi connectivity index (χ3n) is 2.82. The number of nitrogens with two attached hydrogens (primary N) is 1. The van der Waals surface area contributed by atoms with Gasteiger partial charge in [0.1, 0.15) is 12.4 Å². The second-order valence-corrected chi connectivity index (χ2v) is 4.32. The Morgan fingerprint density at radius 1 is 1.15 bits per heavy atom. The summed E-state index contributed by atoms with van der Waals surface area (Å²) in [6.45, 7) is 0.798. The SMILES string of the molecule is COc1ccc(CCN)cc1OCc1cncc(F)c1. The van der Waals surface area contributed by atoms with Gasteiger partial charge in [-0.1, -0.05) is 6.07 Å². The van der Waals surface area contributed by atoms with Crippen molar-refractivity contribution < 1.29 is 13.9 Å². The van der Waals surface area contributed by atoms with E-state index in [0.717, 1.165) is 18.2 Å². The van der Waals surface area contributed by atoms with Crippen molar-refractivity contribution in [1.29, 1.82) is 0 Å². The summed E-state index contributed by atoms with van der Waals surface area (Å²) in [5.41, 5.74) is 7.27. The number of benzene rings is 1. The molecular weight excluding hydrogens is 259 g/mol. The van der Waals surface area contributed by atoms with Gasteiger partial charge < -0.3 is 15.2 Å². The zero-order valence-corrected chi connectivity index (χ0v) is 11.3. The van der Waals surface area contributed by atoms with Crippen molar-refractivity contribution in [3.05, 3.63) is 53.6 Å². The number of rotatable bonds is 6. The van der Waals surface area contributed by atoms with E-state index in [2.05, 4.69) is 4.98 Å². The Bertz CT molecular complexity index is 576. The fourth-order valence-corrected chi connectivity index (χ4v) is 1.85. The summed E-state index contributed by atoms with van der Waals surface area (Å²) in [4.78, 5) is 3.78. The van der Waals surface area contributed by atoms with Crippen molar-refractivity contribution in [2.45, 2.75) is 13.0 Å². The van der Waals surface area contributed by atoms with Crippen LogP contribution in [0.2, 0.25) is 0 Å². The average molecular weight is 276 g/mol. The summed E-state index contributed by atoms with van der Waals surface area (Å²) in [7, 11) is 1.58. The maximum absolute atomic E-state index is 13.0. The van der Waals surface area contributed by atoms with Crippen LogP contribution in [0.3, 0.4) is 0 Å². The predicted octanol–water partition coefficient (Wildman–Crippen LogP) is 2.31. The van der Waals surface area contributed by atoms with Crippen LogP contribution in [-0.2, 0) is 13.0 Å². The first kappa shape index (κ1) is 14.3. The monoisotopic (exact) mass is 276 g/mol. The quantitative estimate of drug-likeness (QED) is 0.879. The second-order valence-electron chi connectivity index (χ2n) is 4.32. The first-order valence-electron chi connectivity index (χ1n) is 6.32. The molecule has 5 heteroatoms. The molecule has 1 heterocycles. The highest BCUT2D eigenvalue weighted by Gasteiger charge is 2.06. The zero-order valence-electron chi connectivity index (χ0n) is 11.3. The molecule has 1 aromatic heterocycles. The molecule has 2 rings (SSSR count). The van der Waals surface area contributed by atoms with Crippen LogP contribution in [0, 0.1) is 5.82 Å². The van der Waals surface area contributed by atoms with E-state index < -0.39 is 0 Å². The molecule has 20 heavy (non-hydrogen) atoms. The Labute approximate surface area is 117 Å². The fraction of sp³-hybridized carbons (Fsp3) is 0.267. The lowest BCUT2D eigenvalue weighted by Crippen LogP contribution is -2.04. The molecule has 0 atom stereocenters. The molecule has 106 valence electrons. The standard InChI is InChI=1S/C15H17FN2O2/c1-19-14-3-2-11(4-5-17)7-15(14)20-10-12-6-13(16)9-18-8-12/h2-3,6-9H,4-5,10,17H2,1H3. The maximum Gasteiger partial charge on any atom is 0.161 e. The molecule has 4 nitrogen and oxygen atoms in total. The highest BCUT2D eigenvalue weighted by atomic mass is 19.1. The Kier molecular flexibility index (Phi) is 4.90. The van der Waals surface area contributed by atoms with Crippen LogP contribution in [-0.4, -0.2) is 18.6 Å². The average Bonchev–Trinajstić information content (AvgIpc) is 2.46. The van der Waals surface area contributed by atoms with Crippen molar-refractivity contribution in [3.63, 3.8) is 0 Å². The normalized spacial score (nSPS) is 10.3. The molecule has 0 saturated carbocycles. The molecule has 1 aromatic carbocycles. The Morgan fingerprint density at radius 2 is 2.00 bits per heavy atom. The molecule has 0 saturated heterocycles. The fourth-order valence-electron chi connectivity index (χ4n) is 1.85. The van der Waals surface area contributed by atoms with Gasteiger partial charge in [0.05, 0.1) is 13.3 Å². The number of hydrogen-bond donors (Lipinski definition) is 1. The lowest BCUT2D eigenvalue weighted by molar-refractivity contribution is 0.283. The molecule has 0 radical (unpaired) electrons. The van der Waals surface area contributed by atoms with Gasteiger partial charge in [-0.2, -0.15) is 0 Å². The largest absolute Gasteiger partial charge is 0.493 e. The van der Waals surface area contributed by atoms with Gasteiger partial charge in [-0.05, 0) is 36.7 Å². The molecule has 0 amide bonds. The second kappa shape index (κ2) is 6.86. The Balaban J connectivity index is 2.12. The van der Waals surface area contributed by atoms with Crippen LogP contribution in [0.15, 0.2) is 36.7 Å².